The van der Waals surface area contributed by atoms with Crippen LogP contribution >= 0.6 is 11.6 Å². The van der Waals surface area contributed by atoms with Crippen LogP contribution < -0.4 is 10.2 Å². The van der Waals surface area contributed by atoms with E-state index >= 15 is 0 Å². The van der Waals surface area contributed by atoms with Gasteiger partial charge in [0.2, 0.25) is 11.8 Å². The minimum atomic E-state index is -1.20. The number of hydrogen-bond donors (Lipinski definition) is 3. The Morgan fingerprint density at radius 1 is 1.00 bits per heavy atom. The van der Waals surface area contributed by atoms with Crippen LogP contribution in [0.25, 0.3) is 0 Å². The van der Waals surface area contributed by atoms with E-state index in [2.05, 4.69) is 12.2 Å². The van der Waals surface area contributed by atoms with Crippen molar-refractivity contribution in [3.8, 4) is 5.75 Å². The van der Waals surface area contributed by atoms with Gasteiger partial charge in [0.15, 0.2) is 0 Å². The van der Waals surface area contributed by atoms with Crippen molar-refractivity contribution in [2.24, 2.45) is 17.8 Å². The maximum Gasteiger partial charge on any atom is 0.487 e. The van der Waals surface area contributed by atoms with E-state index in [4.69, 9.17) is 16.3 Å². The Bertz CT molecular complexity index is 1480. The van der Waals surface area contributed by atoms with Crippen molar-refractivity contribution in [3.05, 3.63) is 94.4 Å². The molecule has 3 aliphatic rings. The number of nitrogens with one attached hydrogen (secondary N) is 1. The van der Waals surface area contributed by atoms with E-state index in [1.54, 1.807) is 18.2 Å². The summed E-state index contributed by atoms with van der Waals surface area (Å²) in [6.07, 6.45) is 1.83. The first-order valence-corrected chi connectivity index (χ1v) is 14.1. The number of hydrogen-bond acceptors (Lipinski definition) is 6. The monoisotopic (exact) mass is 556 g/mol. The number of aromatic hydroxyl groups is 1. The number of amides is 2. The van der Waals surface area contributed by atoms with E-state index in [-0.39, 0.29) is 23.5 Å². The molecule has 2 heterocycles. The number of imide groups is 1. The van der Waals surface area contributed by atoms with Gasteiger partial charge in [-0.1, -0.05) is 54.8 Å². The number of rotatable bonds is 6. The van der Waals surface area contributed by atoms with Crippen LogP contribution in [0.3, 0.4) is 0 Å². The number of carbonyl (C=O) groups is 2. The summed E-state index contributed by atoms with van der Waals surface area (Å²) in [6, 6.07) is 21.7. The van der Waals surface area contributed by atoms with Crippen molar-refractivity contribution in [2.45, 2.75) is 38.7 Å². The number of anilines is 3. The van der Waals surface area contributed by atoms with E-state index in [0.29, 0.717) is 29.1 Å². The Balaban J connectivity index is 1.31. The second-order valence-corrected chi connectivity index (χ2v) is 11.1. The van der Waals surface area contributed by atoms with Gasteiger partial charge in [0.05, 0.1) is 23.6 Å². The maximum atomic E-state index is 14.0. The first kappa shape index (κ1) is 26.6. The Morgan fingerprint density at radius 3 is 2.42 bits per heavy atom. The number of phenols is 1. The smallest absolute Gasteiger partial charge is 0.487 e. The van der Waals surface area contributed by atoms with E-state index in [0.717, 1.165) is 35.3 Å². The van der Waals surface area contributed by atoms with Gasteiger partial charge in [0, 0.05) is 16.4 Å². The fourth-order valence-corrected chi connectivity index (χ4v) is 6.86. The van der Waals surface area contributed by atoms with Gasteiger partial charge >= 0.3 is 7.12 Å². The molecule has 7 nitrogen and oxygen atoms in total. The molecular weight excluding hydrogens is 527 g/mol. The highest BCUT2D eigenvalue weighted by Crippen LogP contribution is 2.53. The third-order valence-electron chi connectivity index (χ3n) is 8.28. The average Bonchev–Trinajstić information content (AvgIpc) is 3.19. The lowest BCUT2D eigenvalue weighted by molar-refractivity contribution is -0.123. The number of halogens is 1. The zero-order chi connectivity index (χ0) is 28.0. The number of nitrogens with zero attached hydrogens (tertiary/aromatic N) is 1. The van der Waals surface area contributed by atoms with Crippen molar-refractivity contribution in [2.75, 3.05) is 10.2 Å². The van der Waals surface area contributed by atoms with Crippen molar-refractivity contribution in [1.29, 1.82) is 0 Å². The fraction of sp³-hybridized carbons (Fsp3) is 0.290. The Hall–Kier alpha value is -3.59. The maximum absolute atomic E-state index is 14.0. The SMILES string of the molecule is CCCC1=C2B(O)O[C@H](c3ccc(O)cc3Cl)C[C@H]2[C@H]2C(=O)N(c3ccc(Nc4ccccc4)cc3)C(=O)[C@H]2C1. The van der Waals surface area contributed by atoms with Gasteiger partial charge in [-0.15, -0.1) is 0 Å². The fourth-order valence-electron chi connectivity index (χ4n) is 6.56. The quantitative estimate of drug-likeness (QED) is 0.247. The molecule has 6 rings (SSSR count). The van der Waals surface area contributed by atoms with Gasteiger partial charge in [0.25, 0.3) is 0 Å². The number of benzene rings is 3. The van der Waals surface area contributed by atoms with Crippen LogP contribution in [0.2, 0.25) is 5.02 Å². The molecule has 3 aromatic carbocycles. The lowest BCUT2D eigenvalue weighted by atomic mass is 9.54. The van der Waals surface area contributed by atoms with Crippen molar-refractivity contribution >= 4 is 47.6 Å². The number of fused-ring (bicyclic) bond motifs is 3. The third-order valence-corrected chi connectivity index (χ3v) is 8.61. The highest BCUT2D eigenvalue weighted by molar-refractivity contribution is 6.53. The zero-order valence-corrected chi connectivity index (χ0v) is 22.8. The molecule has 0 spiro atoms. The molecule has 3 aromatic rings. The van der Waals surface area contributed by atoms with Crippen LogP contribution in [0, 0.1) is 17.8 Å². The largest absolute Gasteiger partial charge is 0.508 e. The molecule has 0 bridgehead atoms. The van der Waals surface area contributed by atoms with E-state index in [1.807, 2.05) is 42.5 Å². The summed E-state index contributed by atoms with van der Waals surface area (Å²) in [5.41, 5.74) is 4.70. The average molecular weight is 557 g/mol. The normalized spacial score (nSPS) is 24.3. The summed E-state index contributed by atoms with van der Waals surface area (Å²) in [4.78, 5) is 29.1. The van der Waals surface area contributed by atoms with E-state index in [9.17, 15) is 19.7 Å². The minimum Gasteiger partial charge on any atom is -0.508 e. The molecule has 204 valence electrons. The van der Waals surface area contributed by atoms with Crippen LogP contribution in [0.5, 0.6) is 5.75 Å². The molecule has 0 unspecified atom stereocenters. The molecule has 2 saturated heterocycles. The van der Waals surface area contributed by atoms with Crippen LogP contribution in [-0.4, -0.2) is 29.1 Å². The molecule has 4 atom stereocenters. The molecule has 40 heavy (non-hydrogen) atoms. The topological polar surface area (TPSA) is 99.1 Å². The molecule has 0 radical (unpaired) electrons. The second-order valence-electron chi connectivity index (χ2n) is 10.7. The van der Waals surface area contributed by atoms with E-state index in [1.165, 1.54) is 17.0 Å². The minimum absolute atomic E-state index is 0.0332. The van der Waals surface area contributed by atoms with Crippen LogP contribution in [0.4, 0.5) is 17.1 Å². The zero-order valence-electron chi connectivity index (χ0n) is 22.1. The number of allylic oxidation sites excluding steroid dienone is 2. The van der Waals surface area contributed by atoms with Crippen LogP contribution in [0.1, 0.15) is 44.3 Å². The van der Waals surface area contributed by atoms with Crippen molar-refractivity contribution < 1.29 is 24.4 Å². The standard InChI is InChI=1S/C31H30BClN2O5/c1-2-6-18-15-25-28(24-17-27(40-32(39)29(18)24)23-14-13-22(36)16-26(23)33)31(38)35(30(25)37)21-11-9-20(10-12-21)34-19-7-4-3-5-8-19/h3-5,7-14,16,24-25,27-28,34,36,39H,2,6,15,17H2,1H3/t24-,25-,27-,28+/m0/s1. The first-order valence-electron chi connectivity index (χ1n) is 13.7. The summed E-state index contributed by atoms with van der Waals surface area (Å²) in [5.74, 6) is -1.87. The molecule has 2 aliphatic heterocycles. The molecule has 9 heteroatoms. The molecule has 0 saturated carbocycles. The first-order chi connectivity index (χ1) is 19.4. The molecule has 0 aromatic heterocycles. The lowest BCUT2D eigenvalue weighted by Gasteiger charge is -2.42. The summed E-state index contributed by atoms with van der Waals surface area (Å²) >= 11 is 6.43. The highest BCUT2D eigenvalue weighted by Gasteiger charge is 2.58. The Labute approximate surface area is 238 Å². The van der Waals surface area contributed by atoms with Gasteiger partial charge < -0.3 is 20.1 Å². The third kappa shape index (κ3) is 4.70. The second kappa shape index (κ2) is 10.8. The molecule has 3 N–H and O–H groups in total. The number of carbonyl (C=O) groups excluding carboxylic acids is 2. The molecule has 2 amide bonds. The summed E-state index contributed by atoms with van der Waals surface area (Å²) < 4.78 is 6.04. The van der Waals surface area contributed by atoms with Gasteiger partial charge in [-0.3, -0.25) is 14.5 Å². The number of para-hydroxylation sites is 1. The van der Waals surface area contributed by atoms with Crippen LogP contribution in [-0.2, 0) is 14.2 Å². The summed E-state index contributed by atoms with van der Waals surface area (Å²) in [7, 11) is -1.20. The molecule has 1 aliphatic carbocycles. The predicted molar refractivity (Wildman–Crippen MR) is 155 cm³/mol. The highest BCUT2D eigenvalue weighted by atomic mass is 35.5. The molecular formula is C31H30BClN2O5. The summed E-state index contributed by atoms with van der Waals surface area (Å²) in [6.45, 7) is 2.06. The van der Waals surface area contributed by atoms with Crippen molar-refractivity contribution in [3.63, 3.8) is 0 Å². The Kier molecular flexibility index (Phi) is 7.17. The molecule has 2 fully saturated rings. The van der Waals surface area contributed by atoms with Gasteiger partial charge in [-0.25, -0.2) is 0 Å². The van der Waals surface area contributed by atoms with Crippen LogP contribution in [0.15, 0.2) is 83.8 Å². The van der Waals surface area contributed by atoms with Gasteiger partial charge in [-0.05, 0) is 84.7 Å². The number of phenolic OH excluding ortho intramolecular Hbond substituents is 1. The van der Waals surface area contributed by atoms with Gasteiger partial charge in [0.1, 0.15) is 5.75 Å². The van der Waals surface area contributed by atoms with Gasteiger partial charge in [-0.2, -0.15) is 0 Å². The summed E-state index contributed by atoms with van der Waals surface area (Å²) in [5, 5.41) is 24.7. The van der Waals surface area contributed by atoms with Crippen molar-refractivity contribution in [1.82, 2.24) is 0 Å². The van der Waals surface area contributed by atoms with E-state index < -0.39 is 25.1 Å². The Morgan fingerprint density at radius 2 is 1.73 bits per heavy atom. The lowest BCUT2D eigenvalue weighted by Crippen LogP contribution is -2.45. The predicted octanol–water partition coefficient (Wildman–Crippen LogP) is 6.19.